The van der Waals surface area contributed by atoms with Crippen molar-refractivity contribution < 1.29 is 9.69 Å². The van der Waals surface area contributed by atoms with Crippen molar-refractivity contribution in [2.45, 2.75) is 19.9 Å². The Hall–Kier alpha value is -2.13. The number of amides is 1. The van der Waals surface area contributed by atoms with Crippen LogP contribution in [0.5, 0.6) is 0 Å². The molecule has 1 unspecified atom stereocenters. The van der Waals surface area contributed by atoms with E-state index in [-0.39, 0.29) is 5.91 Å². The van der Waals surface area contributed by atoms with Crippen LogP contribution in [-0.2, 0) is 17.8 Å². The van der Waals surface area contributed by atoms with Gasteiger partial charge < -0.3 is 10.2 Å². The molecule has 22 heavy (non-hydrogen) atoms. The van der Waals surface area contributed by atoms with E-state index in [4.69, 9.17) is 0 Å². The summed E-state index contributed by atoms with van der Waals surface area (Å²) in [6.07, 6.45) is 0.879. The summed E-state index contributed by atoms with van der Waals surface area (Å²) in [6, 6.07) is 18.7. The number of quaternary nitrogens is 1. The van der Waals surface area contributed by atoms with E-state index in [1.54, 1.807) is 0 Å². The monoisotopic (exact) mass is 297 g/mol. The normalized spacial score (nSPS) is 11.9. The van der Waals surface area contributed by atoms with Crippen molar-refractivity contribution in [3.8, 4) is 0 Å². The number of aryl methyl sites for hydroxylation is 1. The summed E-state index contributed by atoms with van der Waals surface area (Å²) in [5.74, 6) is 0.112. The van der Waals surface area contributed by atoms with Crippen LogP contribution in [0.4, 0.5) is 0 Å². The Labute approximate surface area is 133 Å². The van der Waals surface area contributed by atoms with Crippen LogP contribution in [0.2, 0.25) is 0 Å². The molecule has 0 aliphatic rings. The van der Waals surface area contributed by atoms with Gasteiger partial charge in [0.05, 0.1) is 7.05 Å². The molecule has 0 spiro atoms. The van der Waals surface area contributed by atoms with Gasteiger partial charge in [-0.25, -0.2) is 0 Å². The molecule has 0 heterocycles. The Balaban J connectivity index is 1.68. The predicted molar refractivity (Wildman–Crippen MR) is 89.8 cm³/mol. The zero-order valence-electron chi connectivity index (χ0n) is 13.4. The largest absolute Gasteiger partial charge is 0.351 e. The predicted octanol–water partition coefficient (Wildman–Crippen LogP) is 1.37. The number of benzene rings is 2. The zero-order valence-corrected chi connectivity index (χ0v) is 13.4. The molecule has 3 nitrogen and oxygen atoms in total. The Morgan fingerprint density at radius 1 is 1.00 bits per heavy atom. The molecule has 2 aromatic rings. The summed E-state index contributed by atoms with van der Waals surface area (Å²) < 4.78 is 0. The van der Waals surface area contributed by atoms with Crippen molar-refractivity contribution in [2.75, 3.05) is 20.1 Å². The van der Waals surface area contributed by atoms with Gasteiger partial charge >= 0.3 is 0 Å². The molecular weight excluding hydrogens is 272 g/mol. The van der Waals surface area contributed by atoms with E-state index in [0.29, 0.717) is 13.1 Å². The average Bonchev–Trinajstić information content (AvgIpc) is 2.50. The first-order chi connectivity index (χ1) is 10.6. The average molecular weight is 297 g/mol. The molecule has 3 heteroatoms. The topological polar surface area (TPSA) is 33.5 Å². The maximum Gasteiger partial charge on any atom is 0.275 e. The Morgan fingerprint density at radius 2 is 1.68 bits per heavy atom. The molecule has 2 N–H and O–H groups in total. The minimum absolute atomic E-state index is 0.112. The van der Waals surface area contributed by atoms with E-state index in [0.717, 1.165) is 13.0 Å². The van der Waals surface area contributed by atoms with Crippen LogP contribution in [0, 0.1) is 6.92 Å². The summed E-state index contributed by atoms with van der Waals surface area (Å²) in [5.41, 5.74) is 3.78. The number of carbonyl (C=O) groups is 1. The number of carbonyl (C=O) groups excluding carboxylic acids is 1. The second-order valence-corrected chi connectivity index (χ2v) is 5.88. The van der Waals surface area contributed by atoms with Crippen molar-refractivity contribution in [3.05, 3.63) is 71.3 Å². The lowest BCUT2D eigenvalue weighted by atomic mass is 10.1. The number of hydrogen-bond acceptors (Lipinski definition) is 1. The van der Waals surface area contributed by atoms with Crippen LogP contribution in [-0.4, -0.2) is 26.0 Å². The van der Waals surface area contributed by atoms with Gasteiger partial charge in [-0.2, -0.15) is 0 Å². The van der Waals surface area contributed by atoms with E-state index in [1.165, 1.54) is 21.6 Å². The smallest absolute Gasteiger partial charge is 0.275 e. The van der Waals surface area contributed by atoms with E-state index < -0.39 is 0 Å². The summed E-state index contributed by atoms with van der Waals surface area (Å²) in [7, 11) is 2.05. The summed E-state index contributed by atoms with van der Waals surface area (Å²) in [6.45, 7) is 4.15. The standard InChI is InChI=1S/C19H24N2O/c1-16-8-10-18(11-9-16)14-21(2)15-19(22)20-13-12-17-6-4-3-5-7-17/h3-11H,12-15H2,1-2H3,(H,20,22)/p+1. The summed E-state index contributed by atoms with van der Waals surface area (Å²) in [4.78, 5) is 13.2. The van der Waals surface area contributed by atoms with Gasteiger partial charge in [-0.15, -0.1) is 0 Å². The highest BCUT2D eigenvalue weighted by molar-refractivity contribution is 5.76. The van der Waals surface area contributed by atoms with Crippen molar-refractivity contribution in [1.82, 2.24) is 5.32 Å². The fourth-order valence-electron chi connectivity index (χ4n) is 2.44. The third kappa shape index (κ3) is 5.70. The van der Waals surface area contributed by atoms with Gasteiger partial charge in [-0.05, 0) is 18.9 Å². The van der Waals surface area contributed by atoms with Crippen LogP contribution < -0.4 is 10.2 Å². The van der Waals surface area contributed by atoms with Crippen molar-refractivity contribution in [2.24, 2.45) is 0 Å². The molecule has 0 bridgehead atoms. The maximum absolute atomic E-state index is 12.0. The maximum atomic E-state index is 12.0. The first-order valence-corrected chi connectivity index (χ1v) is 7.81. The lowest BCUT2D eigenvalue weighted by molar-refractivity contribution is -0.885. The lowest BCUT2D eigenvalue weighted by Crippen LogP contribution is -3.08. The number of nitrogens with one attached hydrogen (secondary N) is 2. The molecule has 0 saturated carbocycles. The quantitative estimate of drug-likeness (QED) is 0.795. The Morgan fingerprint density at radius 3 is 2.36 bits per heavy atom. The SMILES string of the molecule is Cc1ccc(C[NH+](C)CC(=O)NCCc2ccccc2)cc1. The van der Waals surface area contributed by atoms with Gasteiger partial charge in [0.25, 0.3) is 5.91 Å². The van der Waals surface area contributed by atoms with Gasteiger partial charge in [0.2, 0.25) is 0 Å². The van der Waals surface area contributed by atoms with Crippen LogP contribution in [0.25, 0.3) is 0 Å². The molecule has 2 rings (SSSR count). The minimum atomic E-state index is 0.112. The Bertz CT molecular complexity index is 578. The summed E-state index contributed by atoms with van der Waals surface area (Å²) in [5, 5.41) is 3.00. The second-order valence-electron chi connectivity index (χ2n) is 5.88. The molecule has 0 aliphatic heterocycles. The fourth-order valence-corrected chi connectivity index (χ4v) is 2.44. The van der Waals surface area contributed by atoms with Crippen LogP contribution >= 0.6 is 0 Å². The number of likely N-dealkylation sites (N-methyl/N-ethyl adjacent to an activating group) is 1. The van der Waals surface area contributed by atoms with E-state index in [1.807, 2.05) is 18.2 Å². The van der Waals surface area contributed by atoms with Gasteiger partial charge in [0, 0.05) is 12.1 Å². The molecule has 0 fully saturated rings. The van der Waals surface area contributed by atoms with Gasteiger partial charge in [0.1, 0.15) is 6.54 Å². The third-order valence-electron chi connectivity index (χ3n) is 3.67. The molecule has 1 atom stereocenters. The van der Waals surface area contributed by atoms with Crippen molar-refractivity contribution in [3.63, 3.8) is 0 Å². The molecular formula is C19H25N2O+. The molecule has 0 aromatic heterocycles. The second kappa shape index (κ2) is 8.35. The highest BCUT2D eigenvalue weighted by Crippen LogP contribution is 2.01. The van der Waals surface area contributed by atoms with Crippen LogP contribution in [0.3, 0.4) is 0 Å². The fraction of sp³-hybridized carbons (Fsp3) is 0.316. The lowest BCUT2D eigenvalue weighted by Gasteiger charge is -2.14. The molecule has 116 valence electrons. The molecule has 0 radical (unpaired) electrons. The third-order valence-corrected chi connectivity index (χ3v) is 3.67. The first kappa shape index (κ1) is 16.2. The Kier molecular flexibility index (Phi) is 6.16. The van der Waals surface area contributed by atoms with E-state index in [2.05, 4.69) is 55.7 Å². The zero-order chi connectivity index (χ0) is 15.8. The van der Waals surface area contributed by atoms with Crippen molar-refractivity contribution >= 4 is 5.91 Å². The highest BCUT2D eigenvalue weighted by Gasteiger charge is 2.10. The molecule has 0 aliphatic carbocycles. The molecule has 2 aromatic carbocycles. The highest BCUT2D eigenvalue weighted by atomic mass is 16.2. The number of hydrogen-bond donors (Lipinski definition) is 2. The van der Waals surface area contributed by atoms with Crippen molar-refractivity contribution in [1.29, 1.82) is 0 Å². The van der Waals surface area contributed by atoms with Gasteiger partial charge in [-0.3, -0.25) is 4.79 Å². The van der Waals surface area contributed by atoms with Crippen LogP contribution in [0.1, 0.15) is 16.7 Å². The van der Waals surface area contributed by atoms with E-state index >= 15 is 0 Å². The van der Waals surface area contributed by atoms with E-state index in [9.17, 15) is 4.79 Å². The number of rotatable bonds is 7. The van der Waals surface area contributed by atoms with Gasteiger partial charge in [-0.1, -0.05) is 60.2 Å². The first-order valence-electron chi connectivity index (χ1n) is 7.81. The van der Waals surface area contributed by atoms with Crippen LogP contribution in [0.15, 0.2) is 54.6 Å². The molecule has 0 saturated heterocycles. The summed E-state index contributed by atoms with van der Waals surface area (Å²) >= 11 is 0. The minimum Gasteiger partial charge on any atom is -0.351 e. The van der Waals surface area contributed by atoms with Gasteiger partial charge in [0.15, 0.2) is 6.54 Å². The molecule has 1 amide bonds.